The highest BCUT2D eigenvalue weighted by atomic mass is 19.4. The molecule has 4 heterocycles. The SMILES string of the molecule is COCc1nc(C2=CN3CCOc4cc(C5CCNCC5)ccc4C3N2OC(=O)C(F)(F)F)n(C(C)C)n1. The van der Waals surface area contributed by atoms with Crippen LogP contribution in [0.15, 0.2) is 24.4 Å². The highest BCUT2D eigenvalue weighted by Crippen LogP contribution is 2.45. The van der Waals surface area contributed by atoms with Crippen LogP contribution in [0.5, 0.6) is 5.75 Å². The molecule has 5 rings (SSSR count). The molecule has 0 aliphatic carbocycles. The van der Waals surface area contributed by atoms with Gasteiger partial charge in [-0.05, 0) is 57.3 Å². The number of rotatable bonds is 6. The second-order valence-electron chi connectivity index (χ2n) is 9.82. The third kappa shape index (κ3) is 5.04. The number of aromatic nitrogens is 3. The summed E-state index contributed by atoms with van der Waals surface area (Å²) in [6.45, 7) is 6.37. The lowest BCUT2D eigenvalue weighted by atomic mass is 9.89. The van der Waals surface area contributed by atoms with Crippen molar-refractivity contribution in [1.29, 1.82) is 0 Å². The average molecular weight is 537 g/mol. The highest BCUT2D eigenvalue weighted by Gasteiger charge is 2.48. The van der Waals surface area contributed by atoms with Gasteiger partial charge in [0.15, 0.2) is 17.8 Å². The molecule has 1 saturated heterocycles. The largest absolute Gasteiger partial charge is 0.493 e. The molecule has 1 aromatic carbocycles. The van der Waals surface area contributed by atoms with E-state index in [0.717, 1.165) is 36.6 Å². The van der Waals surface area contributed by atoms with E-state index in [2.05, 4.69) is 15.4 Å². The van der Waals surface area contributed by atoms with Crippen LogP contribution in [0, 0.1) is 0 Å². The first-order valence-electron chi connectivity index (χ1n) is 12.7. The van der Waals surface area contributed by atoms with Gasteiger partial charge in [0, 0.05) is 24.9 Å². The number of alkyl halides is 3. The van der Waals surface area contributed by atoms with Crippen LogP contribution in [0.1, 0.15) is 67.6 Å². The summed E-state index contributed by atoms with van der Waals surface area (Å²) in [6.07, 6.45) is -2.44. The molecule has 0 saturated carbocycles. The van der Waals surface area contributed by atoms with Gasteiger partial charge >= 0.3 is 12.1 Å². The zero-order valence-electron chi connectivity index (χ0n) is 21.5. The summed E-state index contributed by atoms with van der Waals surface area (Å²) in [7, 11) is 1.50. The van der Waals surface area contributed by atoms with E-state index < -0.39 is 18.3 Å². The minimum absolute atomic E-state index is 0.117. The molecule has 1 fully saturated rings. The Morgan fingerprint density at radius 3 is 2.71 bits per heavy atom. The van der Waals surface area contributed by atoms with Crippen LogP contribution in [0.2, 0.25) is 0 Å². The molecule has 3 aliphatic heterocycles. The Labute approximate surface area is 218 Å². The summed E-state index contributed by atoms with van der Waals surface area (Å²) in [5, 5.41) is 8.78. The number of halogens is 3. The van der Waals surface area contributed by atoms with Gasteiger partial charge in [-0.15, -0.1) is 0 Å². The molecule has 0 radical (unpaired) electrons. The number of piperidine rings is 1. The Bertz CT molecular complexity index is 1210. The monoisotopic (exact) mass is 536 g/mol. The number of carbonyl (C=O) groups excluding carboxylic acids is 1. The Balaban J connectivity index is 1.57. The smallest absolute Gasteiger partial charge is 0.491 e. The number of hydroxylamine groups is 2. The van der Waals surface area contributed by atoms with Crippen molar-refractivity contribution >= 4 is 11.7 Å². The second-order valence-corrected chi connectivity index (χ2v) is 9.82. The lowest BCUT2D eigenvalue weighted by Crippen LogP contribution is -2.38. The molecule has 10 nitrogen and oxygen atoms in total. The quantitative estimate of drug-likeness (QED) is 0.595. The number of ether oxygens (including phenoxy) is 2. The molecule has 206 valence electrons. The zero-order chi connectivity index (χ0) is 27.0. The van der Waals surface area contributed by atoms with Gasteiger partial charge in [-0.25, -0.2) is 14.5 Å². The lowest BCUT2D eigenvalue weighted by molar-refractivity contribution is -0.237. The maximum absolute atomic E-state index is 13.4. The Hall–Kier alpha value is -3.32. The minimum atomic E-state index is -5.19. The van der Waals surface area contributed by atoms with E-state index in [0.29, 0.717) is 36.2 Å². The zero-order valence-corrected chi connectivity index (χ0v) is 21.5. The van der Waals surface area contributed by atoms with Crippen LogP contribution in [-0.2, 0) is 21.0 Å². The van der Waals surface area contributed by atoms with Gasteiger partial charge in [-0.1, -0.05) is 12.1 Å². The number of carbonyl (C=O) groups is 1. The van der Waals surface area contributed by atoms with E-state index >= 15 is 0 Å². The van der Waals surface area contributed by atoms with Crippen molar-refractivity contribution in [3.05, 3.63) is 47.2 Å². The van der Waals surface area contributed by atoms with Crippen molar-refractivity contribution in [2.45, 2.75) is 57.6 Å². The number of benzene rings is 1. The second kappa shape index (κ2) is 10.4. The van der Waals surface area contributed by atoms with Gasteiger partial charge in [0.05, 0.1) is 6.54 Å². The molecule has 1 unspecified atom stereocenters. The molecule has 3 aliphatic rings. The molecule has 1 N–H and O–H groups in total. The first-order valence-corrected chi connectivity index (χ1v) is 12.7. The molecule has 38 heavy (non-hydrogen) atoms. The summed E-state index contributed by atoms with van der Waals surface area (Å²) in [5.41, 5.74) is 1.90. The van der Waals surface area contributed by atoms with Gasteiger partial charge in [0.2, 0.25) is 0 Å². The predicted molar refractivity (Wildman–Crippen MR) is 129 cm³/mol. The highest BCUT2D eigenvalue weighted by molar-refractivity contribution is 5.76. The van der Waals surface area contributed by atoms with Crippen molar-refractivity contribution in [1.82, 2.24) is 30.0 Å². The molecule has 0 bridgehead atoms. The van der Waals surface area contributed by atoms with Crippen molar-refractivity contribution in [2.24, 2.45) is 0 Å². The summed E-state index contributed by atoms with van der Waals surface area (Å²) in [5.74, 6) is -0.775. The van der Waals surface area contributed by atoms with E-state index in [1.54, 1.807) is 15.8 Å². The van der Waals surface area contributed by atoms with Gasteiger partial charge in [-0.3, -0.25) is 0 Å². The Kier molecular flexibility index (Phi) is 7.23. The Morgan fingerprint density at radius 1 is 1.26 bits per heavy atom. The number of nitrogens with zero attached hydrogens (tertiary/aromatic N) is 5. The number of nitrogens with one attached hydrogen (secondary N) is 1. The van der Waals surface area contributed by atoms with Crippen LogP contribution in [-0.4, -0.2) is 70.2 Å². The molecular formula is C25H31F3N6O4. The molecule has 1 aromatic heterocycles. The number of hydrogen-bond donors (Lipinski definition) is 1. The lowest BCUT2D eigenvalue weighted by Gasteiger charge is -2.32. The molecule has 13 heteroatoms. The molecule has 0 amide bonds. The van der Waals surface area contributed by atoms with E-state index in [9.17, 15) is 18.0 Å². The van der Waals surface area contributed by atoms with Gasteiger partial charge in [0.25, 0.3) is 0 Å². The Morgan fingerprint density at radius 2 is 2.03 bits per heavy atom. The molecule has 1 atom stereocenters. The molecular weight excluding hydrogens is 505 g/mol. The topological polar surface area (TPSA) is 94.0 Å². The maximum Gasteiger partial charge on any atom is 0.493 e. The fourth-order valence-corrected chi connectivity index (χ4v) is 5.09. The number of fused-ring (bicyclic) bond motifs is 3. The summed E-state index contributed by atoms with van der Waals surface area (Å²) in [6, 6.07) is 5.62. The standard InChI is InChI=1S/C25H31F3N6O4/c1-15(2)33-22(30-21(31-33)14-36-3)19-13-32-10-11-37-20-12-17(16-6-8-29-9-7-16)4-5-18(20)23(32)34(19)38-24(35)25(26,27)28/h4-5,12-13,15-16,23,29H,6-11,14H2,1-3H3. The summed E-state index contributed by atoms with van der Waals surface area (Å²) < 4.78 is 53.0. The van der Waals surface area contributed by atoms with Crippen LogP contribution in [0.25, 0.3) is 5.70 Å². The van der Waals surface area contributed by atoms with Crippen molar-refractivity contribution < 1.29 is 32.3 Å². The van der Waals surface area contributed by atoms with E-state index in [1.165, 1.54) is 7.11 Å². The van der Waals surface area contributed by atoms with Gasteiger partial charge in [0.1, 0.15) is 24.7 Å². The fraction of sp³-hybridized carbons (Fsp3) is 0.560. The number of methoxy groups -OCH3 is 1. The summed E-state index contributed by atoms with van der Waals surface area (Å²) in [4.78, 5) is 23.5. The third-order valence-electron chi connectivity index (χ3n) is 6.87. The van der Waals surface area contributed by atoms with Crippen LogP contribution < -0.4 is 10.1 Å². The first-order chi connectivity index (χ1) is 18.2. The van der Waals surface area contributed by atoms with Crippen LogP contribution >= 0.6 is 0 Å². The molecule has 0 spiro atoms. The van der Waals surface area contributed by atoms with Crippen molar-refractivity contribution in [3.8, 4) is 5.75 Å². The first kappa shape index (κ1) is 26.3. The minimum Gasteiger partial charge on any atom is -0.491 e. The fourth-order valence-electron chi connectivity index (χ4n) is 5.09. The summed E-state index contributed by atoms with van der Waals surface area (Å²) >= 11 is 0. The molecule has 2 aromatic rings. The van der Waals surface area contributed by atoms with E-state index in [1.807, 2.05) is 32.0 Å². The van der Waals surface area contributed by atoms with Crippen LogP contribution in [0.3, 0.4) is 0 Å². The predicted octanol–water partition coefficient (Wildman–Crippen LogP) is 3.50. The van der Waals surface area contributed by atoms with Gasteiger partial charge < -0.3 is 24.5 Å². The third-order valence-corrected chi connectivity index (χ3v) is 6.87. The average Bonchev–Trinajstić information content (AvgIpc) is 3.40. The van der Waals surface area contributed by atoms with Crippen molar-refractivity contribution in [2.75, 3.05) is 33.4 Å². The van der Waals surface area contributed by atoms with Crippen molar-refractivity contribution in [3.63, 3.8) is 0 Å². The van der Waals surface area contributed by atoms with Crippen LogP contribution in [0.4, 0.5) is 13.2 Å². The normalized spacial score (nSPS) is 20.1. The van der Waals surface area contributed by atoms with E-state index in [4.69, 9.17) is 14.3 Å². The number of hydrogen-bond acceptors (Lipinski definition) is 9. The maximum atomic E-state index is 13.4. The van der Waals surface area contributed by atoms with Gasteiger partial charge in [-0.2, -0.15) is 23.3 Å². The van der Waals surface area contributed by atoms with E-state index in [-0.39, 0.29) is 24.2 Å².